The van der Waals surface area contributed by atoms with E-state index in [2.05, 4.69) is 50.9 Å². The maximum absolute atomic E-state index is 3.63. The lowest BCUT2D eigenvalue weighted by molar-refractivity contribution is 0.274. The van der Waals surface area contributed by atoms with Crippen LogP contribution in [0.2, 0.25) is 0 Å². The molecule has 19 heavy (non-hydrogen) atoms. The van der Waals surface area contributed by atoms with Crippen LogP contribution in [-0.4, -0.2) is 4.98 Å². The van der Waals surface area contributed by atoms with Crippen molar-refractivity contribution >= 4 is 10.9 Å². The van der Waals surface area contributed by atoms with Gasteiger partial charge in [0.1, 0.15) is 0 Å². The van der Waals surface area contributed by atoms with Crippen LogP contribution in [0.15, 0.2) is 18.2 Å². The van der Waals surface area contributed by atoms with Gasteiger partial charge in [0.25, 0.3) is 0 Å². The molecule has 1 heteroatoms. The molecule has 1 aromatic heterocycles. The summed E-state index contributed by atoms with van der Waals surface area (Å²) in [7, 11) is 0. The first-order chi connectivity index (χ1) is 8.92. The second kappa shape index (κ2) is 4.40. The number of hydrogen-bond acceptors (Lipinski definition) is 0. The number of aromatic nitrogens is 1. The molecule has 1 heterocycles. The minimum absolute atomic E-state index is 0.449. The van der Waals surface area contributed by atoms with E-state index in [1.165, 1.54) is 47.8 Å². The Morgan fingerprint density at radius 2 is 2.05 bits per heavy atom. The quantitative estimate of drug-likeness (QED) is 0.736. The normalized spacial score (nSPS) is 19.7. The minimum Gasteiger partial charge on any atom is -0.358 e. The molecule has 1 atom stereocenters. The fraction of sp³-hybridized carbons (Fsp3) is 0.556. The van der Waals surface area contributed by atoms with E-state index in [0.29, 0.717) is 5.41 Å². The Balaban J connectivity index is 1.95. The van der Waals surface area contributed by atoms with Gasteiger partial charge in [-0.15, -0.1) is 0 Å². The molecule has 102 valence electrons. The molecule has 1 aliphatic carbocycles. The molecule has 1 aliphatic rings. The van der Waals surface area contributed by atoms with Crippen molar-refractivity contribution in [3.8, 4) is 0 Å². The molecule has 0 spiro atoms. The standard InChI is InChI=1S/C18H25N/c1-12-5-7-16-14(9-12)15-10-13(11-18(2,3)4)6-8-17(15)19-16/h5,7,9,13,19H,6,8,10-11H2,1-4H3. The average Bonchev–Trinajstić information content (AvgIpc) is 2.65. The molecule has 1 aromatic carbocycles. The molecule has 1 unspecified atom stereocenters. The molecule has 3 rings (SSSR count). The summed E-state index contributed by atoms with van der Waals surface area (Å²) in [5.41, 5.74) is 6.23. The van der Waals surface area contributed by atoms with Crippen molar-refractivity contribution < 1.29 is 0 Å². The topological polar surface area (TPSA) is 15.8 Å². The van der Waals surface area contributed by atoms with E-state index in [4.69, 9.17) is 0 Å². The summed E-state index contributed by atoms with van der Waals surface area (Å²) >= 11 is 0. The van der Waals surface area contributed by atoms with E-state index in [0.717, 1.165) is 5.92 Å². The Morgan fingerprint density at radius 1 is 1.26 bits per heavy atom. The van der Waals surface area contributed by atoms with E-state index in [1.807, 2.05) is 0 Å². The number of H-pyrrole nitrogens is 1. The van der Waals surface area contributed by atoms with Crippen LogP contribution in [0.4, 0.5) is 0 Å². The van der Waals surface area contributed by atoms with Crippen molar-refractivity contribution in [1.82, 2.24) is 4.98 Å². The van der Waals surface area contributed by atoms with Crippen molar-refractivity contribution in [2.45, 2.75) is 53.4 Å². The highest BCUT2D eigenvalue weighted by atomic mass is 14.7. The number of fused-ring (bicyclic) bond motifs is 3. The zero-order valence-corrected chi connectivity index (χ0v) is 12.6. The van der Waals surface area contributed by atoms with Crippen molar-refractivity contribution in [3.05, 3.63) is 35.0 Å². The number of aromatic amines is 1. The molecule has 0 aliphatic heterocycles. The Hall–Kier alpha value is -1.24. The smallest absolute Gasteiger partial charge is 0.0459 e. The second-order valence-corrected chi connectivity index (χ2v) is 7.50. The third-order valence-electron chi connectivity index (χ3n) is 4.35. The van der Waals surface area contributed by atoms with Gasteiger partial charge in [0.15, 0.2) is 0 Å². The molecule has 0 bridgehead atoms. The summed E-state index contributed by atoms with van der Waals surface area (Å²) in [5.74, 6) is 0.854. The molecule has 0 radical (unpaired) electrons. The van der Waals surface area contributed by atoms with Gasteiger partial charge in [0, 0.05) is 16.6 Å². The number of aryl methyl sites for hydroxylation is 2. The largest absolute Gasteiger partial charge is 0.358 e. The SMILES string of the molecule is Cc1ccc2[nH]c3c(c2c1)CC(CC(C)(C)C)CC3. The van der Waals surface area contributed by atoms with E-state index in [9.17, 15) is 0 Å². The molecule has 0 amide bonds. The van der Waals surface area contributed by atoms with Gasteiger partial charge in [-0.2, -0.15) is 0 Å². The van der Waals surface area contributed by atoms with Crippen LogP contribution in [0.3, 0.4) is 0 Å². The second-order valence-electron chi connectivity index (χ2n) is 7.50. The third-order valence-corrected chi connectivity index (χ3v) is 4.35. The predicted octanol–water partition coefficient (Wildman–Crippen LogP) is 5.02. The van der Waals surface area contributed by atoms with Crippen molar-refractivity contribution in [2.75, 3.05) is 0 Å². The van der Waals surface area contributed by atoms with Crippen LogP contribution >= 0.6 is 0 Å². The fourth-order valence-corrected chi connectivity index (χ4v) is 3.64. The molecule has 0 fully saturated rings. The Bertz CT molecular complexity index is 598. The van der Waals surface area contributed by atoms with E-state index in [-0.39, 0.29) is 0 Å². The average molecular weight is 255 g/mol. The molecule has 0 saturated carbocycles. The summed E-state index contributed by atoms with van der Waals surface area (Å²) in [5, 5.41) is 1.47. The first-order valence-corrected chi connectivity index (χ1v) is 7.52. The van der Waals surface area contributed by atoms with E-state index < -0.39 is 0 Å². The maximum Gasteiger partial charge on any atom is 0.0459 e. The Kier molecular flexibility index (Phi) is 2.96. The van der Waals surface area contributed by atoms with Crippen molar-refractivity contribution in [3.63, 3.8) is 0 Å². The van der Waals surface area contributed by atoms with Gasteiger partial charge in [-0.1, -0.05) is 32.4 Å². The first-order valence-electron chi connectivity index (χ1n) is 7.52. The lowest BCUT2D eigenvalue weighted by atomic mass is 9.76. The van der Waals surface area contributed by atoms with Gasteiger partial charge in [0.2, 0.25) is 0 Å². The van der Waals surface area contributed by atoms with Crippen LogP contribution < -0.4 is 0 Å². The van der Waals surface area contributed by atoms with E-state index in [1.54, 1.807) is 5.56 Å². The van der Waals surface area contributed by atoms with E-state index >= 15 is 0 Å². The number of rotatable bonds is 1. The van der Waals surface area contributed by atoms with Crippen molar-refractivity contribution in [2.24, 2.45) is 11.3 Å². The maximum atomic E-state index is 3.63. The van der Waals surface area contributed by atoms with Gasteiger partial charge in [-0.05, 0) is 61.6 Å². The van der Waals surface area contributed by atoms with Gasteiger partial charge in [-0.25, -0.2) is 0 Å². The highest BCUT2D eigenvalue weighted by Gasteiger charge is 2.25. The van der Waals surface area contributed by atoms with Gasteiger partial charge in [0.05, 0.1) is 0 Å². The zero-order chi connectivity index (χ0) is 13.6. The van der Waals surface area contributed by atoms with Crippen molar-refractivity contribution in [1.29, 1.82) is 0 Å². The first kappa shape index (κ1) is 12.8. The van der Waals surface area contributed by atoms with Crippen LogP contribution in [-0.2, 0) is 12.8 Å². The van der Waals surface area contributed by atoms with Crippen LogP contribution in [0.25, 0.3) is 10.9 Å². The number of nitrogens with one attached hydrogen (secondary N) is 1. The molecular formula is C18H25N. The molecule has 2 aromatic rings. The molecule has 1 N–H and O–H groups in total. The third kappa shape index (κ3) is 2.56. The molecule has 0 saturated heterocycles. The van der Waals surface area contributed by atoms with Gasteiger partial charge in [-0.3, -0.25) is 0 Å². The van der Waals surface area contributed by atoms with Gasteiger partial charge >= 0.3 is 0 Å². The summed E-state index contributed by atoms with van der Waals surface area (Å²) < 4.78 is 0. The van der Waals surface area contributed by atoms with Crippen LogP contribution in [0, 0.1) is 18.3 Å². The molecular weight excluding hydrogens is 230 g/mol. The lowest BCUT2D eigenvalue weighted by Crippen LogP contribution is -2.19. The summed E-state index contributed by atoms with van der Waals surface area (Å²) in [6.07, 6.45) is 5.17. The zero-order valence-electron chi connectivity index (χ0n) is 12.6. The summed E-state index contributed by atoms with van der Waals surface area (Å²) in [6, 6.07) is 6.79. The Labute approximate surface area is 116 Å². The number of hydrogen-bond donors (Lipinski definition) is 1. The lowest BCUT2D eigenvalue weighted by Gasteiger charge is -2.29. The molecule has 1 nitrogen and oxygen atoms in total. The number of benzene rings is 1. The summed E-state index contributed by atoms with van der Waals surface area (Å²) in [6.45, 7) is 9.28. The van der Waals surface area contributed by atoms with Crippen LogP contribution in [0.1, 0.15) is 50.4 Å². The fourth-order valence-electron chi connectivity index (χ4n) is 3.64. The Morgan fingerprint density at radius 3 is 2.79 bits per heavy atom. The predicted molar refractivity (Wildman–Crippen MR) is 82.6 cm³/mol. The van der Waals surface area contributed by atoms with Crippen LogP contribution in [0.5, 0.6) is 0 Å². The summed E-state index contributed by atoms with van der Waals surface area (Å²) in [4.78, 5) is 3.63. The minimum atomic E-state index is 0.449. The van der Waals surface area contributed by atoms with Gasteiger partial charge < -0.3 is 4.98 Å². The highest BCUT2D eigenvalue weighted by Crippen LogP contribution is 2.37. The monoisotopic (exact) mass is 255 g/mol. The highest BCUT2D eigenvalue weighted by molar-refractivity contribution is 5.85.